The Morgan fingerprint density at radius 1 is 1.10 bits per heavy atom. The van der Waals surface area contributed by atoms with E-state index in [4.69, 9.17) is 10.5 Å². The topological polar surface area (TPSA) is 81.4 Å². The van der Waals surface area contributed by atoms with Gasteiger partial charge in [0.05, 0.1) is 0 Å². The van der Waals surface area contributed by atoms with Crippen LogP contribution in [0.5, 0.6) is 5.75 Å². The molecule has 21 heavy (non-hydrogen) atoms. The molecule has 0 saturated carbocycles. The molecule has 2 aromatic carbocycles. The second-order valence-corrected chi connectivity index (χ2v) is 4.85. The zero-order valence-electron chi connectivity index (χ0n) is 11.2. The fraction of sp³-hybridized carbons (Fsp3) is 0.125. The maximum Gasteiger partial charge on any atom is 0.265 e. The molecule has 3 rings (SSSR count). The van der Waals surface area contributed by atoms with E-state index in [9.17, 15) is 9.59 Å². The number of ether oxygens (including phenoxy) is 1. The van der Waals surface area contributed by atoms with E-state index in [1.807, 2.05) is 24.3 Å². The number of anilines is 1. The molecule has 2 amide bonds. The third-order valence-corrected chi connectivity index (χ3v) is 3.38. The molecule has 3 N–H and O–H groups in total. The summed E-state index contributed by atoms with van der Waals surface area (Å²) >= 11 is 0. The summed E-state index contributed by atoms with van der Waals surface area (Å²) in [6.45, 7) is 0. The number of amides is 2. The van der Waals surface area contributed by atoms with Crippen molar-refractivity contribution in [2.75, 3.05) is 5.32 Å². The summed E-state index contributed by atoms with van der Waals surface area (Å²) in [7, 11) is 0. The number of primary amides is 1. The van der Waals surface area contributed by atoms with Gasteiger partial charge >= 0.3 is 0 Å². The number of carbonyl (C=O) groups is 2. The van der Waals surface area contributed by atoms with Crippen molar-refractivity contribution in [3.05, 3.63) is 59.7 Å². The van der Waals surface area contributed by atoms with Gasteiger partial charge in [-0.1, -0.05) is 18.2 Å². The molecule has 1 heterocycles. The van der Waals surface area contributed by atoms with Gasteiger partial charge in [0, 0.05) is 17.7 Å². The molecular weight excluding hydrogens is 268 g/mol. The van der Waals surface area contributed by atoms with E-state index in [1.165, 1.54) is 0 Å². The van der Waals surface area contributed by atoms with Gasteiger partial charge in [0.1, 0.15) is 5.75 Å². The van der Waals surface area contributed by atoms with Gasteiger partial charge in [-0.2, -0.15) is 0 Å². The summed E-state index contributed by atoms with van der Waals surface area (Å²) in [6, 6.07) is 14.0. The predicted octanol–water partition coefficient (Wildman–Crippen LogP) is 1.73. The molecule has 1 aliphatic heterocycles. The molecular formula is C16H14N2O3. The van der Waals surface area contributed by atoms with Gasteiger partial charge in [-0.15, -0.1) is 0 Å². The number of benzene rings is 2. The van der Waals surface area contributed by atoms with Crippen LogP contribution >= 0.6 is 0 Å². The quantitative estimate of drug-likeness (QED) is 0.899. The van der Waals surface area contributed by atoms with Crippen LogP contribution in [0.2, 0.25) is 0 Å². The molecule has 1 atom stereocenters. The van der Waals surface area contributed by atoms with E-state index in [-0.39, 0.29) is 5.91 Å². The summed E-state index contributed by atoms with van der Waals surface area (Å²) in [5, 5.41) is 2.77. The Balaban J connectivity index is 1.66. The third kappa shape index (κ3) is 2.72. The van der Waals surface area contributed by atoms with Gasteiger partial charge in [-0.05, 0) is 35.9 Å². The van der Waals surface area contributed by atoms with Crippen molar-refractivity contribution in [1.29, 1.82) is 0 Å². The largest absolute Gasteiger partial charge is 0.480 e. The molecule has 0 spiro atoms. The number of carbonyl (C=O) groups excluding carboxylic acids is 2. The smallest absolute Gasteiger partial charge is 0.265 e. The first-order valence-corrected chi connectivity index (χ1v) is 6.59. The number of para-hydroxylation sites is 1. The lowest BCUT2D eigenvalue weighted by Crippen LogP contribution is -2.31. The van der Waals surface area contributed by atoms with Crippen LogP contribution in [0.3, 0.4) is 0 Å². The number of fused-ring (bicyclic) bond motifs is 1. The lowest BCUT2D eigenvalue weighted by Gasteiger charge is -2.11. The lowest BCUT2D eigenvalue weighted by atomic mass is 10.1. The third-order valence-electron chi connectivity index (χ3n) is 3.38. The van der Waals surface area contributed by atoms with Crippen LogP contribution in [0.4, 0.5) is 5.69 Å². The maximum atomic E-state index is 12.2. The standard InChI is InChI=1S/C16H14N2O3/c17-15(19)10-5-7-12(8-6-10)18-16(20)14-9-11-3-1-2-4-13(11)21-14/h1-8,14H,9H2,(H2,17,19)(H,18,20)/t14-/m1/s1. The SMILES string of the molecule is NC(=O)c1ccc(NC(=O)[C@H]2Cc3ccccc3O2)cc1. The number of nitrogens with two attached hydrogens (primary N) is 1. The van der Waals surface area contributed by atoms with E-state index in [0.717, 1.165) is 11.3 Å². The van der Waals surface area contributed by atoms with Crippen LogP contribution in [0, 0.1) is 0 Å². The van der Waals surface area contributed by atoms with E-state index < -0.39 is 12.0 Å². The van der Waals surface area contributed by atoms with E-state index in [1.54, 1.807) is 24.3 Å². The first-order chi connectivity index (χ1) is 10.1. The molecule has 0 aromatic heterocycles. The highest BCUT2D eigenvalue weighted by molar-refractivity contribution is 5.96. The van der Waals surface area contributed by atoms with Crippen molar-refractivity contribution in [3.63, 3.8) is 0 Å². The second-order valence-electron chi connectivity index (χ2n) is 4.85. The predicted molar refractivity (Wildman–Crippen MR) is 78.2 cm³/mol. The Labute approximate surface area is 121 Å². The molecule has 106 valence electrons. The van der Waals surface area contributed by atoms with Crippen molar-refractivity contribution < 1.29 is 14.3 Å². The van der Waals surface area contributed by atoms with Gasteiger partial charge in [0.2, 0.25) is 5.91 Å². The Morgan fingerprint density at radius 3 is 2.48 bits per heavy atom. The highest BCUT2D eigenvalue weighted by atomic mass is 16.5. The van der Waals surface area contributed by atoms with Gasteiger partial charge < -0.3 is 15.8 Å². The molecule has 5 heteroatoms. The minimum Gasteiger partial charge on any atom is -0.480 e. The van der Waals surface area contributed by atoms with E-state index in [2.05, 4.69) is 5.32 Å². The Kier molecular flexibility index (Phi) is 3.31. The molecule has 0 saturated heterocycles. The van der Waals surface area contributed by atoms with E-state index >= 15 is 0 Å². The lowest BCUT2D eigenvalue weighted by molar-refractivity contribution is -0.122. The van der Waals surface area contributed by atoms with Crippen molar-refractivity contribution in [3.8, 4) is 5.75 Å². The summed E-state index contributed by atoms with van der Waals surface area (Å²) in [5.41, 5.74) is 7.20. The minimum atomic E-state index is -0.529. The van der Waals surface area contributed by atoms with Crippen molar-refractivity contribution >= 4 is 17.5 Å². The molecule has 0 bridgehead atoms. The molecule has 1 aliphatic rings. The normalized spacial score (nSPS) is 15.9. The van der Waals surface area contributed by atoms with Crippen LogP contribution in [-0.4, -0.2) is 17.9 Å². The first-order valence-electron chi connectivity index (χ1n) is 6.59. The molecule has 2 aromatic rings. The number of nitrogens with one attached hydrogen (secondary N) is 1. The fourth-order valence-corrected chi connectivity index (χ4v) is 2.27. The zero-order valence-corrected chi connectivity index (χ0v) is 11.2. The van der Waals surface area contributed by atoms with Crippen LogP contribution in [0.15, 0.2) is 48.5 Å². The van der Waals surface area contributed by atoms with E-state index in [0.29, 0.717) is 17.7 Å². The Bertz CT molecular complexity index is 670. The number of hydrogen-bond donors (Lipinski definition) is 2. The molecule has 0 radical (unpaired) electrons. The van der Waals surface area contributed by atoms with Crippen LogP contribution in [-0.2, 0) is 11.2 Å². The molecule has 0 aliphatic carbocycles. The van der Waals surface area contributed by atoms with Gasteiger partial charge in [0.25, 0.3) is 5.91 Å². The van der Waals surface area contributed by atoms with Crippen molar-refractivity contribution in [2.45, 2.75) is 12.5 Å². The first kappa shape index (κ1) is 13.2. The molecule has 0 fully saturated rings. The summed E-state index contributed by atoms with van der Waals surface area (Å²) in [6.07, 6.45) is 0.0275. The van der Waals surface area contributed by atoms with Crippen LogP contribution in [0.25, 0.3) is 0 Å². The highest BCUT2D eigenvalue weighted by Crippen LogP contribution is 2.28. The zero-order chi connectivity index (χ0) is 14.8. The van der Waals surface area contributed by atoms with Crippen LogP contribution in [0.1, 0.15) is 15.9 Å². The van der Waals surface area contributed by atoms with Gasteiger partial charge in [-0.25, -0.2) is 0 Å². The summed E-state index contributed by atoms with van der Waals surface area (Å²) in [4.78, 5) is 23.2. The second kappa shape index (κ2) is 5.28. The summed E-state index contributed by atoms with van der Waals surface area (Å²) < 4.78 is 5.62. The average molecular weight is 282 g/mol. The Hall–Kier alpha value is -2.82. The van der Waals surface area contributed by atoms with Crippen LogP contribution < -0.4 is 15.8 Å². The van der Waals surface area contributed by atoms with Gasteiger partial charge in [-0.3, -0.25) is 9.59 Å². The maximum absolute atomic E-state index is 12.2. The summed E-state index contributed by atoms with van der Waals surface area (Å²) in [5.74, 6) is 0.0437. The monoisotopic (exact) mass is 282 g/mol. The Morgan fingerprint density at radius 2 is 1.81 bits per heavy atom. The van der Waals surface area contributed by atoms with Crippen molar-refractivity contribution in [1.82, 2.24) is 0 Å². The number of hydrogen-bond acceptors (Lipinski definition) is 3. The fourth-order valence-electron chi connectivity index (χ4n) is 2.27. The number of rotatable bonds is 3. The molecule has 0 unspecified atom stereocenters. The van der Waals surface area contributed by atoms with Gasteiger partial charge in [0.15, 0.2) is 6.10 Å². The van der Waals surface area contributed by atoms with Crippen molar-refractivity contribution in [2.24, 2.45) is 5.73 Å². The highest BCUT2D eigenvalue weighted by Gasteiger charge is 2.28. The molecule has 5 nitrogen and oxygen atoms in total. The average Bonchev–Trinajstić information content (AvgIpc) is 2.92. The minimum absolute atomic E-state index is 0.210.